The monoisotopic (exact) mass is 305 g/mol. The van der Waals surface area contributed by atoms with E-state index in [1.54, 1.807) is 11.0 Å². The predicted octanol–water partition coefficient (Wildman–Crippen LogP) is 2.95. The molecule has 0 unspecified atom stereocenters. The Bertz CT molecular complexity index is 584. The maximum absolute atomic E-state index is 11.2. The van der Waals surface area contributed by atoms with Crippen LogP contribution in [0.1, 0.15) is 25.3 Å². The molecule has 1 N–H and O–H groups in total. The van der Waals surface area contributed by atoms with Crippen LogP contribution in [-0.2, 0) is 13.0 Å². The Hall–Kier alpha value is -1.39. The highest BCUT2D eigenvalue weighted by Gasteiger charge is 2.46. The van der Waals surface area contributed by atoms with Crippen molar-refractivity contribution in [3.05, 3.63) is 47.5 Å². The van der Waals surface area contributed by atoms with Gasteiger partial charge in [-0.3, -0.25) is 4.68 Å². The molecule has 1 aromatic carbocycles. The summed E-state index contributed by atoms with van der Waals surface area (Å²) >= 11 is 5.93. The van der Waals surface area contributed by atoms with E-state index in [4.69, 9.17) is 11.6 Å². The van der Waals surface area contributed by atoms with Gasteiger partial charge in [0.15, 0.2) is 0 Å². The van der Waals surface area contributed by atoms with Gasteiger partial charge in [-0.15, -0.1) is 0 Å². The van der Waals surface area contributed by atoms with Crippen molar-refractivity contribution in [2.24, 2.45) is 11.8 Å². The minimum atomic E-state index is -0.729. The average molecular weight is 306 g/mol. The van der Waals surface area contributed by atoms with Crippen LogP contribution in [0.5, 0.6) is 0 Å². The second kappa shape index (κ2) is 5.78. The van der Waals surface area contributed by atoms with Crippen molar-refractivity contribution in [2.75, 3.05) is 0 Å². The van der Waals surface area contributed by atoms with E-state index >= 15 is 0 Å². The molecule has 1 aliphatic carbocycles. The molecule has 1 heterocycles. The number of halogens is 1. The second-order valence-corrected chi connectivity index (χ2v) is 6.53. The Morgan fingerprint density at radius 1 is 1.33 bits per heavy atom. The van der Waals surface area contributed by atoms with Crippen LogP contribution in [0.4, 0.5) is 0 Å². The number of benzene rings is 1. The first-order chi connectivity index (χ1) is 10.1. The van der Waals surface area contributed by atoms with Crippen LogP contribution in [-0.4, -0.2) is 25.5 Å². The average Bonchev–Trinajstić information content (AvgIpc) is 3.05. The molecule has 0 bridgehead atoms. The summed E-state index contributed by atoms with van der Waals surface area (Å²) in [7, 11) is 0. The number of hydrogen-bond acceptors (Lipinski definition) is 3. The molecular formula is C16H20ClN3O. The minimum absolute atomic E-state index is 0.234. The van der Waals surface area contributed by atoms with Crippen LogP contribution >= 0.6 is 11.6 Å². The fourth-order valence-electron chi connectivity index (χ4n) is 3.40. The Morgan fingerprint density at radius 2 is 2.10 bits per heavy atom. The molecule has 1 aromatic heterocycles. The summed E-state index contributed by atoms with van der Waals surface area (Å²) in [5.74, 6) is 0.497. The lowest BCUT2D eigenvalue weighted by Gasteiger charge is -2.34. The van der Waals surface area contributed by atoms with Crippen LogP contribution in [0.3, 0.4) is 0 Å². The first-order valence-corrected chi connectivity index (χ1v) is 7.75. The lowest BCUT2D eigenvalue weighted by atomic mass is 9.81. The highest BCUT2D eigenvalue weighted by molar-refractivity contribution is 6.30. The van der Waals surface area contributed by atoms with Crippen molar-refractivity contribution in [2.45, 2.75) is 38.3 Å². The van der Waals surface area contributed by atoms with Gasteiger partial charge in [-0.2, -0.15) is 5.10 Å². The van der Waals surface area contributed by atoms with Gasteiger partial charge in [0.05, 0.1) is 12.1 Å². The normalized spacial score (nSPS) is 28.9. The molecule has 5 heteroatoms. The van der Waals surface area contributed by atoms with Gasteiger partial charge in [0.1, 0.15) is 12.7 Å². The molecule has 0 spiro atoms. The summed E-state index contributed by atoms with van der Waals surface area (Å²) < 4.78 is 1.73. The maximum Gasteiger partial charge on any atom is 0.137 e. The Labute approximate surface area is 129 Å². The fourth-order valence-corrected chi connectivity index (χ4v) is 3.52. The highest BCUT2D eigenvalue weighted by atomic mass is 35.5. The SMILES string of the molecule is C[C@H]1CC[C@H](Cc2ccc(Cl)cc2)[C@]1(O)Cn1cncn1. The zero-order valence-electron chi connectivity index (χ0n) is 12.1. The van der Waals surface area contributed by atoms with E-state index in [2.05, 4.69) is 17.0 Å². The van der Waals surface area contributed by atoms with E-state index in [0.717, 1.165) is 24.3 Å². The predicted molar refractivity (Wildman–Crippen MR) is 82.0 cm³/mol. The first kappa shape index (κ1) is 14.5. The third kappa shape index (κ3) is 2.97. The van der Waals surface area contributed by atoms with Crippen LogP contribution in [0.2, 0.25) is 5.02 Å². The number of hydrogen-bond donors (Lipinski definition) is 1. The summed E-state index contributed by atoms with van der Waals surface area (Å²) in [6.45, 7) is 2.63. The van der Waals surface area contributed by atoms with Gasteiger partial charge < -0.3 is 5.11 Å². The zero-order chi connectivity index (χ0) is 14.9. The van der Waals surface area contributed by atoms with Crippen LogP contribution < -0.4 is 0 Å². The van der Waals surface area contributed by atoms with Gasteiger partial charge in [0.2, 0.25) is 0 Å². The molecule has 112 valence electrons. The molecule has 0 amide bonds. The van der Waals surface area contributed by atoms with Crippen molar-refractivity contribution in [3.63, 3.8) is 0 Å². The van der Waals surface area contributed by atoms with E-state index in [-0.39, 0.29) is 11.8 Å². The van der Waals surface area contributed by atoms with Crippen LogP contribution in [0, 0.1) is 11.8 Å². The molecule has 1 fully saturated rings. The van der Waals surface area contributed by atoms with Crippen molar-refractivity contribution in [1.29, 1.82) is 0 Å². The largest absolute Gasteiger partial charge is 0.387 e. The Balaban J connectivity index is 1.78. The highest BCUT2D eigenvalue weighted by Crippen LogP contribution is 2.43. The van der Waals surface area contributed by atoms with E-state index in [1.807, 2.05) is 24.3 Å². The second-order valence-electron chi connectivity index (χ2n) is 6.09. The molecule has 1 saturated carbocycles. The first-order valence-electron chi connectivity index (χ1n) is 7.37. The molecule has 3 rings (SSSR count). The molecule has 0 saturated heterocycles. The van der Waals surface area contributed by atoms with E-state index in [9.17, 15) is 5.11 Å². The molecule has 0 radical (unpaired) electrons. The number of nitrogens with zero attached hydrogens (tertiary/aromatic N) is 3. The van der Waals surface area contributed by atoms with Gasteiger partial charge in [0, 0.05) is 5.02 Å². The summed E-state index contributed by atoms with van der Waals surface area (Å²) in [4.78, 5) is 3.97. The quantitative estimate of drug-likeness (QED) is 0.945. The Kier molecular flexibility index (Phi) is 4.00. The van der Waals surface area contributed by atoms with Gasteiger partial charge in [-0.1, -0.05) is 30.7 Å². The molecule has 21 heavy (non-hydrogen) atoms. The number of aliphatic hydroxyl groups is 1. The summed E-state index contributed by atoms with van der Waals surface area (Å²) in [5, 5.41) is 16.1. The molecule has 4 nitrogen and oxygen atoms in total. The zero-order valence-corrected chi connectivity index (χ0v) is 12.9. The topological polar surface area (TPSA) is 50.9 Å². The molecule has 0 aliphatic heterocycles. The standard InChI is InChI=1S/C16H20ClN3O/c1-12-2-5-14(8-13-3-6-15(17)7-4-13)16(12,21)9-20-11-18-10-19-20/h3-4,6-7,10-12,14,21H,2,5,8-9H2,1H3/t12-,14+,16-/m0/s1. The lowest BCUT2D eigenvalue weighted by Crippen LogP contribution is -2.44. The number of rotatable bonds is 4. The van der Waals surface area contributed by atoms with Gasteiger partial charge in [-0.25, -0.2) is 4.98 Å². The van der Waals surface area contributed by atoms with E-state index in [0.29, 0.717) is 6.54 Å². The van der Waals surface area contributed by atoms with Crippen LogP contribution in [0.15, 0.2) is 36.9 Å². The van der Waals surface area contributed by atoms with Gasteiger partial charge in [-0.05, 0) is 48.8 Å². The maximum atomic E-state index is 11.2. The summed E-state index contributed by atoms with van der Waals surface area (Å²) in [6.07, 6.45) is 6.13. The van der Waals surface area contributed by atoms with Gasteiger partial charge in [0.25, 0.3) is 0 Å². The molecule has 3 atom stereocenters. The third-order valence-electron chi connectivity index (χ3n) is 4.79. The van der Waals surface area contributed by atoms with Crippen molar-refractivity contribution in [3.8, 4) is 0 Å². The van der Waals surface area contributed by atoms with Gasteiger partial charge >= 0.3 is 0 Å². The Morgan fingerprint density at radius 3 is 2.76 bits per heavy atom. The minimum Gasteiger partial charge on any atom is -0.387 e. The van der Waals surface area contributed by atoms with Crippen LogP contribution in [0.25, 0.3) is 0 Å². The van der Waals surface area contributed by atoms with Crippen molar-refractivity contribution in [1.82, 2.24) is 14.8 Å². The van der Waals surface area contributed by atoms with E-state index < -0.39 is 5.60 Å². The number of aromatic nitrogens is 3. The van der Waals surface area contributed by atoms with Crippen molar-refractivity contribution < 1.29 is 5.11 Å². The fraction of sp³-hybridized carbons (Fsp3) is 0.500. The molecular weight excluding hydrogens is 286 g/mol. The molecule has 1 aliphatic rings. The lowest BCUT2D eigenvalue weighted by molar-refractivity contribution is -0.0482. The molecule has 2 aromatic rings. The van der Waals surface area contributed by atoms with Crippen molar-refractivity contribution >= 4 is 11.6 Å². The third-order valence-corrected chi connectivity index (χ3v) is 5.04. The van der Waals surface area contributed by atoms with E-state index in [1.165, 1.54) is 11.9 Å². The summed E-state index contributed by atoms with van der Waals surface area (Å²) in [6, 6.07) is 7.90. The summed E-state index contributed by atoms with van der Waals surface area (Å²) in [5.41, 5.74) is 0.489. The smallest absolute Gasteiger partial charge is 0.137 e.